The van der Waals surface area contributed by atoms with E-state index in [0.29, 0.717) is 12.0 Å². The largest absolute Gasteiger partial charge is 0.335 e. The predicted octanol–water partition coefficient (Wildman–Crippen LogP) is 3.95. The van der Waals surface area contributed by atoms with Gasteiger partial charge in [-0.15, -0.1) is 0 Å². The van der Waals surface area contributed by atoms with Crippen molar-refractivity contribution in [2.75, 3.05) is 13.1 Å². The van der Waals surface area contributed by atoms with Crippen LogP contribution in [0.1, 0.15) is 58.3 Å². The maximum absolute atomic E-state index is 12.6. The molecule has 3 aliphatic rings. The molecule has 3 heteroatoms. The topological polar surface area (TPSA) is 32.3 Å². The summed E-state index contributed by atoms with van der Waals surface area (Å²) in [5.41, 5.74) is 0. The molecular formula is C18H30N2O. The standard InChI is InChI=1S/C18H30N2O/c1-2-10-20(13-16-12-14-8-9-15(16)11-14)18(21)19-17-6-4-3-5-7-17/h8-9,14-17H,2-7,10-13H2,1H3,(H,19,21). The average Bonchev–Trinajstić information content (AvgIpc) is 3.10. The first-order chi connectivity index (χ1) is 10.3. The van der Waals surface area contributed by atoms with Crippen LogP contribution in [0.25, 0.3) is 0 Å². The van der Waals surface area contributed by atoms with Crippen LogP contribution in [-0.2, 0) is 0 Å². The molecule has 2 bridgehead atoms. The van der Waals surface area contributed by atoms with Crippen molar-refractivity contribution >= 4 is 6.03 Å². The summed E-state index contributed by atoms with van der Waals surface area (Å²) < 4.78 is 0. The third-order valence-corrected chi connectivity index (χ3v) is 5.58. The first kappa shape index (κ1) is 14.9. The number of urea groups is 1. The molecule has 0 radical (unpaired) electrons. The van der Waals surface area contributed by atoms with Crippen LogP contribution in [0.4, 0.5) is 4.79 Å². The number of carbonyl (C=O) groups is 1. The molecule has 0 heterocycles. The zero-order valence-electron chi connectivity index (χ0n) is 13.4. The number of carbonyl (C=O) groups excluding carboxylic acids is 1. The van der Waals surface area contributed by atoms with Crippen LogP contribution in [0, 0.1) is 17.8 Å². The second kappa shape index (κ2) is 6.85. The van der Waals surface area contributed by atoms with Gasteiger partial charge in [-0.3, -0.25) is 0 Å². The van der Waals surface area contributed by atoms with E-state index in [9.17, 15) is 4.79 Å². The lowest BCUT2D eigenvalue weighted by Gasteiger charge is -2.31. The van der Waals surface area contributed by atoms with Crippen LogP contribution in [0.3, 0.4) is 0 Å². The second-order valence-corrected chi connectivity index (χ2v) is 7.27. The van der Waals surface area contributed by atoms with Crippen LogP contribution >= 0.6 is 0 Å². The Labute approximate surface area is 129 Å². The van der Waals surface area contributed by atoms with Gasteiger partial charge in [0, 0.05) is 19.1 Å². The predicted molar refractivity (Wildman–Crippen MR) is 86.1 cm³/mol. The van der Waals surface area contributed by atoms with E-state index in [1.165, 1.54) is 44.9 Å². The summed E-state index contributed by atoms with van der Waals surface area (Å²) in [6.07, 6.45) is 14.7. The minimum atomic E-state index is 0.190. The highest BCUT2D eigenvalue weighted by molar-refractivity contribution is 5.74. The van der Waals surface area contributed by atoms with Crippen LogP contribution in [-0.4, -0.2) is 30.1 Å². The van der Waals surface area contributed by atoms with Gasteiger partial charge in [-0.05, 0) is 49.9 Å². The number of hydrogen-bond acceptors (Lipinski definition) is 1. The number of fused-ring (bicyclic) bond motifs is 2. The van der Waals surface area contributed by atoms with Gasteiger partial charge in [-0.25, -0.2) is 4.79 Å². The van der Waals surface area contributed by atoms with Crippen LogP contribution in [0.15, 0.2) is 12.2 Å². The molecule has 2 saturated carbocycles. The van der Waals surface area contributed by atoms with Crippen molar-refractivity contribution < 1.29 is 4.79 Å². The summed E-state index contributed by atoms with van der Waals surface area (Å²) >= 11 is 0. The Kier molecular flexibility index (Phi) is 4.87. The Morgan fingerprint density at radius 2 is 2.00 bits per heavy atom. The van der Waals surface area contributed by atoms with Gasteiger partial charge in [-0.1, -0.05) is 38.3 Å². The molecule has 118 valence electrons. The Morgan fingerprint density at radius 3 is 2.62 bits per heavy atom. The Morgan fingerprint density at radius 1 is 1.19 bits per heavy atom. The lowest BCUT2D eigenvalue weighted by atomic mass is 9.93. The zero-order chi connectivity index (χ0) is 14.7. The summed E-state index contributed by atoms with van der Waals surface area (Å²) in [5, 5.41) is 3.29. The highest BCUT2D eigenvalue weighted by atomic mass is 16.2. The lowest BCUT2D eigenvalue weighted by molar-refractivity contribution is 0.175. The molecule has 3 nitrogen and oxygen atoms in total. The number of hydrogen-bond donors (Lipinski definition) is 1. The van der Waals surface area contributed by atoms with Crippen molar-refractivity contribution in [1.29, 1.82) is 0 Å². The molecule has 2 amide bonds. The van der Waals surface area contributed by atoms with E-state index >= 15 is 0 Å². The quantitative estimate of drug-likeness (QED) is 0.764. The molecule has 3 rings (SSSR count). The smallest absolute Gasteiger partial charge is 0.317 e. The molecule has 0 saturated heterocycles. The summed E-state index contributed by atoms with van der Waals surface area (Å²) in [7, 11) is 0. The molecule has 2 fully saturated rings. The molecule has 0 aromatic carbocycles. The lowest BCUT2D eigenvalue weighted by Crippen LogP contribution is -2.47. The van der Waals surface area contributed by atoms with Gasteiger partial charge in [0.15, 0.2) is 0 Å². The molecule has 3 atom stereocenters. The van der Waals surface area contributed by atoms with Crippen LogP contribution in [0.2, 0.25) is 0 Å². The summed E-state index contributed by atoms with van der Waals surface area (Å²) in [5.74, 6) is 2.23. The minimum Gasteiger partial charge on any atom is -0.335 e. The van der Waals surface area contributed by atoms with Crippen molar-refractivity contribution in [2.45, 2.75) is 64.3 Å². The van der Waals surface area contributed by atoms with E-state index in [2.05, 4.69) is 29.3 Å². The molecule has 0 aromatic rings. The van der Waals surface area contributed by atoms with Crippen molar-refractivity contribution in [3.8, 4) is 0 Å². The Bertz CT molecular complexity index is 387. The van der Waals surface area contributed by atoms with E-state index in [4.69, 9.17) is 0 Å². The second-order valence-electron chi connectivity index (χ2n) is 7.27. The van der Waals surface area contributed by atoms with Gasteiger partial charge in [0.1, 0.15) is 0 Å². The molecule has 0 aromatic heterocycles. The third-order valence-electron chi connectivity index (χ3n) is 5.58. The van der Waals surface area contributed by atoms with Crippen LogP contribution in [0.5, 0.6) is 0 Å². The zero-order valence-corrected chi connectivity index (χ0v) is 13.4. The van der Waals surface area contributed by atoms with E-state index in [1.807, 2.05) is 0 Å². The minimum absolute atomic E-state index is 0.190. The van der Waals surface area contributed by atoms with E-state index in [0.717, 1.165) is 31.3 Å². The van der Waals surface area contributed by atoms with Crippen molar-refractivity contribution in [2.24, 2.45) is 17.8 Å². The summed E-state index contributed by atoms with van der Waals surface area (Å²) in [4.78, 5) is 14.7. The highest BCUT2D eigenvalue weighted by Gasteiger charge is 2.37. The van der Waals surface area contributed by atoms with Gasteiger partial charge < -0.3 is 10.2 Å². The first-order valence-electron chi connectivity index (χ1n) is 9.00. The Hall–Kier alpha value is -0.990. The number of nitrogens with zero attached hydrogens (tertiary/aromatic N) is 1. The molecule has 0 spiro atoms. The van der Waals surface area contributed by atoms with E-state index < -0.39 is 0 Å². The van der Waals surface area contributed by atoms with Gasteiger partial charge in [-0.2, -0.15) is 0 Å². The van der Waals surface area contributed by atoms with Crippen LogP contribution < -0.4 is 5.32 Å². The van der Waals surface area contributed by atoms with Crippen molar-refractivity contribution in [1.82, 2.24) is 10.2 Å². The summed E-state index contributed by atoms with van der Waals surface area (Å²) in [6.45, 7) is 4.02. The molecular weight excluding hydrogens is 260 g/mol. The fraction of sp³-hybridized carbons (Fsp3) is 0.833. The maximum atomic E-state index is 12.6. The maximum Gasteiger partial charge on any atom is 0.317 e. The molecule has 1 N–H and O–H groups in total. The molecule has 0 aliphatic heterocycles. The number of nitrogens with one attached hydrogen (secondary N) is 1. The molecule has 3 unspecified atom stereocenters. The number of rotatable bonds is 5. The molecule has 21 heavy (non-hydrogen) atoms. The monoisotopic (exact) mass is 290 g/mol. The first-order valence-corrected chi connectivity index (χ1v) is 9.00. The fourth-order valence-electron chi connectivity index (χ4n) is 4.45. The van der Waals surface area contributed by atoms with Gasteiger partial charge in [0.2, 0.25) is 0 Å². The summed E-state index contributed by atoms with van der Waals surface area (Å²) in [6, 6.07) is 0.612. The average molecular weight is 290 g/mol. The van der Waals surface area contributed by atoms with Crippen molar-refractivity contribution in [3.63, 3.8) is 0 Å². The van der Waals surface area contributed by atoms with Gasteiger partial charge in [0.25, 0.3) is 0 Å². The third kappa shape index (κ3) is 3.61. The van der Waals surface area contributed by atoms with E-state index in [-0.39, 0.29) is 6.03 Å². The van der Waals surface area contributed by atoms with Crippen molar-refractivity contribution in [3.05, 3.63) is 12.2 Å². The Balaban J connectivity index is 1.53. The SMILES string of the molecule is CCCN(CC1CC2C=CC1C2)C(=O)NC1CCCCC1. The normalized spacial score (nSPS) is 31.6. The fourth-order valence-corrected chi connectivity index (χ4v) is 4.45. The van der Waals surface area contributed by atoms with Gasteiger partial charge in [0.05, 0.1) is 0 Å². The van der Waals surface area contributed by atoms with Gasteiger partial charge >= 0.3 is 6.03 Å². The number of allylic oxidation sites excluding steroid dienone is 2. The molecule has 3 aliphatic carbocycles. The highest BCUT2D eigenvalue weighted by Crippen LogP contribution is 2.43. The van der Waals surface area contributed by atoms with E-state index in [1.54, 1.807) is 0 Å². The number of amides is 2.